The van der Waals surface area contributed by atoms with Gasteiger partial charge in [0.15, 0.2) is 10.3 Å². The standard InChI is InChI=1S/C8H10N6S2/c1-14-4-10-13-8(14)16-6-3-5(9)11-7(12-6)15-2/h3-4H,1-2H3,(H2,9,11,12). The molecule has 0 bridgehead atoms. The largest absolute Gasteiger partial charge is 0.384 e. The molecule has 0 aromatic carbocycles. The molecule has 0 atom stereocenters. The van der Waals surface area contributed by atoms with E-state index in [-0.39, 0.29) is 0 Å². The Kier molecular flexibility index (Phi) is 3.30. The highest BCUT2D eigenvalue weighted by molar-refractivity contribution is 7.99. The van der Waals surface area contributed by atoms with Crippen molar-refractivity contribution in [2.45, 2.75) is 15.3 Å². The number of nitrogens with zero attached hydrogens (tertiary/aromatic N) is 5. The third kappa shape index (κ3) is 2.45. The molecule has 16 heavy (non-hydrogen) atoms. The Morgan fingerprint density at radius 1 is 1.38 bits per heavy atom. The molecule has 0 saturated heterocycles. The second-order valence-corrected chi connectivity index (χ2v) is 4.71. The molecule has 0 aliphatic carbocycles. The van der Waals surface area contributed by atoms with E-state index >= 15 is 0 Å². The molecule has 0 unspecified atom stereocenters. The van der Waals surface area contributed by atoms with Crippen LogP contribution in [-0.4, -0.2) is 31.0 Å². The van der Waals surface area contributed by atoms with Crippen molar-refractivity contribution in [3.8, 4) is 0 Å². The highest BCUT2D eigenvalue weighted by Crippen LogP contribution is 2.25. The fourth-order valence-electron chi connectivity index (χ4n) is 1.02. The van der Waals surface area contributed by atoms with Gasteiger partial charge in [0.2, 0.25) is 0 Å². The summed E-state index contributed by atoms with van der Waals surface area (Å²) in [5.41, 5.74) is 5.68. The summed E-state index contributed by atoms with van der Waals surface area (Å²) in [7, 11) is 1.88. The van der Waals surface area contributed by atoms with Crippen molar-refractivity contribution in [1.29, 1.82) is 0 Å². The lowest BCUT2D eigenvalue weighted by molar-refractivity contribution is 0.784. The molecule has 2 aromatic rings. The SMILES string of the molecule is CSc1nc(N)cc(Sc2nncn2C)n1. The molecular weight excluding hydrogens is 244 g/mol. The van der Waals surface area contributed by atoms with Crippen molar-refractivity contribution in [3.05, 3.63) is 12.4 Å². The summed E-state index contributed by atoms with van der Waals surface area (Å²) in [5, 5.41) is 9.96. The zero-order valence-electron chi connectivity index (χ0n) is 8.78. The van der Waals surface area contributed by atoms with E-state index in [1.54, 1.807) is 12.4 Å². The van der Waals surface area contributed by atoms with Crippen LogP contribution in [0.2, 0.25) is 0 Å². The summed E-state index contributed by atoms with van der Waals surface area (Å²) in [6.07, 6.45) is 3.55. The Bertz CT molecular complexity index is 497. The number of nitrogens with two attached hydrogens (primary N) is 1. The molecule has 0 aliphatic rings. The Balaban J connectivity index is 2.28. The van der Waals surface area contributed by atoms with Gasteiger partial charge in [-0.2, -0.15) is 0 Å². The molecule has 0 fully saturated rings. The van der Waals surface area contributed by atoms with Crippen LogP contribution in [0.25, 0.3) is 0 Å². The van der Waals surface area contributed by atoms with Crippen LogP contribution < -0.4 is 5.73 Å². The summed E-state index contributed by atoms with van der Waals surface area (Å²) >= 11 is 2.87. The number of hydrogen-bond acceptors (Lipinski definition) is 7. The van der Waals surface area contributed by atoms with Gasteiger partial charge in [-0.1, -0.05) is 11.8 Å². The van der Waals surface area contributed by atoms with Crippen LogP contribution in [0.1, 0.15) is 0 Å². The number of anilines is 1. The molecule has 0 saturated carbocycles. The van der Waals surface area contributed by atoms with Gasteiger partial charge in [-0.05, 0) is 18.0 Å². The third-order valence-corrected chi connectivity index (χ3v) is 3.27. The Morgan fingerprint density at radius 3 is 2.81 bits per heavy atom. The van der Waals surface area contributed by atoms with Gasteiger partial charge < -0.3 is 10.3 Å². The highest BCUT2D eigenvalue weighted by Gasteiger charge is 2.07. The Morgan fingerprint density at radius 2 is 2.19 bits per heavy atom. The van der Waals surface area contributed by atoms with Gasteiger partial charge in [-0.3, -0.25) is 0 Å². The van der Waals surface area contributed by atoms with Crippen molar-refractivity contribution in [2.75, 3.05) is 12.0 Å². The number of aromatic nitrogens is 5. The second-order valence-electron chi connectivity index (χ2n) is 2.94. The first-order chi connectivity index (χ1) is 7.69. The number of nitrogen functional groups attached to an aromatic ring is 1. The number of thioether (sulfide) groups is 1. The first-order valence-corrected chi connectivity index (χ1v) is 6.43. The molecule has 2 aromatic heterocycles. The lowest BCUT2D eigenvalue weighted by atomic mass is 10.6. The fourth-order valence-corrected chi connectivity index (χ4v) is 2.24. The Labute approximate surface area is 101 Å². The van der Waals surface area contributed by atoms with Gasteiger partial charge >= 0.3 is 0 Å². The minimum absolute atomic E-state index is 0.462. The normalized spacial score (nSPS) is 10.6. The van der Waals surface area contributed by atoms with Crippen molar-refractivity contribution in [3.63, 3.8) is 0 Å². The lowest BCUT2D eigenvalue weighted by Gasteiger charge is -2.02. The van der Waals surface area contributed by atoms with Gasteiger partial charge in [0.25, 0.3) is 0 Å². The zero-order chi connectivity index (χ0) is 11.5. The zero-order valence-corrected chi connectivity index (χ0v) is 10.4. The third-order valence-electron chi connectivity index (χ3n) is 1.75. The van der Waals surface area contributed by atoms with Crippen molar-refractivity contribution in [2.24, 2.45) is 7.05 Å². The van der Waals surface area contributed by atoms with Crippen LogP contribution in [0.15, 0.2) is 27.7 Å². The minimum atomic E-state index is 0.462. The summed E-state index contributed by atoms with van der Waals surface area (Å²) in [6, 6.07) is 1.72. The van der Waals surface area contributed by atoms with Crippen molar-refractivity contribution < 1.29 is 0 Å². The van der Waals surface area contributed by atoms with Gasteiger partial charge in [0, 0.05) is 13.1 Å². The van der Waals surface area contributed by atoms with Gasteiger partial charge in [-0.25, -0.2) is 9.97 Å². The minimum Gasteiger partial charge on any atom is -0.384 e. The highest BCUT2D eigenvalue weighted by atomic mass is 32.2. The van der Waals surface area contributed by atoms with E-state index < -0.39 is 0 Å². The molecule has 8 heteroatoms. The van der Waals surface area contributed by atoms with Crippen molar-refractivity contribution >= 4 is 29.3 Å². The molecule has 2 heterocycles. The number of hydrogen-bond donors (Lipinski definition) is 1. The summed E-state index contributed by atoms with van der Waals surface area (Å²) < 4.78 is 1.82. The smallest absolute Gasteiger partial charge is 0.197 e. The molecule has 0 spiro atoms. The van der Waals surface area contributed by atoms with Gasteiger partial charge in [-0.15, -0.1) is 10.2 Å². The van der Waals surface area contributed by atoms with Crippen LogP contribution in [0.4, 0.5) is 5.82 Å². The monoisotopic (exact) mass is 254 g/mol. The maximum Gasteiger partial charge on any atom is 0.197 e. The molecular formula is C8H10N6S2. The average molecular weight is 254 g/mol. The van der Waals surface area contributed by atoms with E-state index in [9.17, 15) is 0 Å². The molecule has 2 N–H and O–H groups in total. The number of aryl methyl sites for hydroxylation is 1. The summed E-state index contributed by atoms with van der Waals surface area (Å²) in [5.74, 6) is 0.462. The summed E-state index contributed by atoms with van der Waals surface area (Å²) in [6.45, 7) is 0. The van der Waals surface area contributed by atoms with Crippen molar-refractivity contribution in [1.82, 2.24) is 24.7 Å². The van der Waals surface area contributed by atoms with Crippen LogP contribution >= 0.6 is 23.5 Å². The summed E-state index contributed by atoms with van der Waals surface area (Å²) in [4.78, 5) is 8.40. The first-order valence-electron chi connectivity index (χ1n) is 4.39. The van der Waals surface area contributed by atoms with Crippen LogP contribution in [-0.2, 0) is 7.05 Å². The topological polar surface area (TPSA) is 82.5 Å². The fraction of sp³-hybridized carbons (Fsp3) is 0.250. The average Bonchev–Trinajstić information content (AvgIpc) is 2.63. The predicted molar refractivity (Wildman–Crippen MR) is 63.4 cm³/mol. The lowest BCUT2D eigenvalue weighted by Crippen LogP contribution is -1.96. The first kappa shape index (κ1) is 11.2. The molecule has 0 aliphatic heterocycles. The Hall–Kier alpha value is -1.28. The van der Waals surface area contributed by atoms with E-state index in [4.69, 9.17) is 5.73 Å². The molecule has 0 amide bonds. The van der Waals surface area contributed by atoms with Gasteiger partial charge in [0.1, 0.15) is 17.2 Å². The van der Waals surface area contributed by atoms with Crippen LogP contribution in [0.3, 0.4) is 0 Å². The van der Waals surface area contributed by atoms with E-state index in [0.29, 0.717) is 11.0 Å². The number of rotatable bonds is 3. The molecule has 0 radical (unpaired) electrons. The van der Waals surface area contributed by atoms with E-state index in [0.717, 1.165) is 10.2 Å². The van der Waals surface area contributed by atoms with Crippen LogP contribution in [0, 0.1) is 0 Å². The molecule has 2 rings (SSSR count). The van der Waals surface area contributed by atoms with Gasteiger partial charge in [0.05, 0.1) is 0 Å². The maximum absolute atomic E-state index is 5.68. The quantitative estimate of drug-likeness (QED) is 0.498. The molecule has 84 valence electrons. The van der Waals surface area contributed by atoms with Crippen LogP contribution in [0.5, 0.6) is 0 Å². The van der Waals surface area contributed by atoms with E-state index in [1.807, 2.05) is 17.9 Å². The van der Waals surface area contributed by atoms with E-state index in [2.05, 4.69) is 20.2 Å². The predicted octanol–water partition coefficient (Wildman–Crippen LogP) is 1.06. The molecule has 6 nitrogen and oxygen atoms in total. The van der Waals surface area contributed by atoms with E-state index in [1.165, 1.54) is 23.5 Å². The second kappa shape index (κ2) is 4.71. The maximum atomic E-state index is 5.68.